The second-order valence-corrected chi connectivity index (χ2v) is 6.15. The molecule has 2 rings (SSSR count). The summed E-state index contributed by atoms with van der Waals surface area (Å²) in [5.74, 6) is 2.16. The number of carbonyl (C=O) groups excluding carboxylic acids is 1. The largest absolute Gasteiger partial charge is 0.463 e. The van der Waals surface area contributed by atoms with E-state index in [1.54, 1.807) is 6.07 Å². The van der Waals surface area contributed by atoms with E-state index in [2.05, 4.69) is 19.2 Å². The molecule has 0 radical (unpaired) electrons. The molecule has 0 amide bonds. The molecule has 1 aromatic rings. The maximum absolute atomic E-state index is 11.5. The van der Waals surface area contributed by atoms with E-state index in [0.717, 1.165) is 24.6 Å². The number of rotatable bonds is 6. The number of hydrogen-bond acceptors (Lipinski definition) is 4. The van der Waals surface area contributed by atoms with Gasteiger partial charge in [0, 0.05) is 0 Å². The SMILES string of the molecule is CCCNC(c1ccc(C(=O)OC)o1)C1CCC(C)CC1. The molecule has 4 heteroatoms. The molecule has 1 aliphatic carbocycles. The smallest absolute Gasteiger partial charge is 0.373 e. The van der Waals surface area contributed by atoms with Gasteiger partial charge in [0.15, 0.2) is 0 Å². The average Bonchev–Trinajstić information content (AvgIpc) is 2.98. The summed E-state index contributed by atoms with van der Waals surface area (Å²) in [7, 11) is 1.37. The minimum absolute atomic E-state index is 0.204. The van der Waals surface area contributed by atoms with Crippen LogP contribution in [-0.2, 0) is 4.74 Å². The zero-order valence-electron chi connectivity index (χ0n) is 13.4. The van der Waals surface area contributed by atoms with Gasteiger partial charge in [-0.15, -0.1) is 0 Å². The molecule has 1 aromatic heterocycles. The van der Waals surface area contributed by atoms with Crippen LogP contribution >= 0.6 is 0 Å². The molecule has 1 aliphatic rings. The fourth-order valence-corrected chi connectivity index (χ4v) is 3.15. The number of esters is 1. The predicted molar refractivity (Wildman–Crippen MR) is 82.2 cm³/mol. The molecule has 0 aromatic carbocycles. The lowest BCUT2D eigenvalue weighted by molar-refractivity contribution is 0.0560. The molecule has 1 N–H and O–H groups in total. The fraction of sp³-hybridized carbons (Fsp3) is 0.706. The van der Waals surface area contributed by atoms with Gasteiger partial charge in [0.1, 0.15) is 5.76 Å². The van der Waals surface area contributed by atoms with E-state index in [9.17, 15) is 4.79 Å². The van der Waals surface area contributed by atoms with Gasteiger partial charge >= 0.3 is 5.97 Å². The quantitative estimate of drug-likeness (QED) is 0.807. The Morgan fingerprint density at radius 3 is 2.71 bits per heavy atom. The third-order valence-corrected chi connectivity index (χ3v) is 4.47. The average molecular weight is 293 g/mol. The van der Waals surface area contributed by atoms with Crippen molar-refractivity contribution in [2.75, 3.05) is 13.7 Å². The van der Waals surface area contributed by atoms with Gasteiger partial charge in [-0.3, -0.25) is 0 Å². The molecule has 118 valence electrons. The van der Waals surface area contributed by atoms with Crippen molar-refractivity contribution in [3.05, 3.63) is 23.7 Å². The van der Waals surface area contributed by atoms with E-state index in [1.165, 1.54) is 32.8 Å². The van der Waals surface area contributed by atoms with Crippen LogP contribution < -0.4 is 5.32 Å². The topological polar surface area (TPSA) is 51.5 Å². The fourth-order valence-electron chi connectivity index (χ4n) is 3.15. The lowest BCUT2D eigenvalue weighted by Gasteiger charge is -2.32. The summed E-state index contributed by atoms with van der Waals surface area (Å²) in [6.45, 7) is 5.45. The first-order valence-electron chi connectivity index (χ1n) is 8.07. The van der Waals surface area contributed by atoms with Crippen LogP contribution in [0.5, 0.6) is 0 Å². The van der Waals surface area contributed by atoms with Gasteiger partial charge in [-0.2, -0.15) is 0 Å². The van der Waals surface area contributed by atoms with E-state index >= 15 is 0 Å². The van der Waals surface area contributed by atoms with E-state index in [0.29, 0.717) is 11.7 Å². The third-order valence-electron chi connectivity index (χ3n) is 4.47. The first-order valence-corrected chi connectivity index (χ1v) is 8.07. The maximum atomic E-state index is 11.5. The van der Waals surface area contributed by atoms with Crippen molar-refractivity contribution in [3.8, 4) is 0 Å². The first kappa shape index (κ1) is 16.1. The Balaban J connectivity index is 2.11. The van der Waals surface area contributed by atoms with Crippen LogP contribution in [-0.4, -0.2) is 19.6 Å². The van der Waals surface area contributed by atoms with E-state index in [4.69, 9.17) is 9.15 Å². The highest BCUT2D eigenvalue weighted by molar-refractivity contribution is 5.86. The summed E-state index contributed by atoms with van der Waals surface area (Å²) >= 11 is 0. The van der Waals surface area contributed by atoms with Crippen molar-refractivity contribution in [3.63, 3.8) is 0 Å². The second kappa shape index (κ2) is 7.64. The highest BCUT2D eigenvalue weighted by Gasteiger charge is 2.29. The number of hydrogen-bond donors (Lipinski definition) is 1. The van der Waals surface area contributed by atoms with Crippen molar-refractivity contribution in [2.24, 2.45) is 11.8 Å². The van der Waals surface area contributed by atoms with Crippen molar-refractivity contribution in [1.82, 2.24) is 5.32 Å². The number of carbonyl (C=O) groups is 1. The zero-order valence-corrected chi connectivity index (χ0v) is 13.4. The molecular weight excluding hydrogens is 266 g/mol. The van der Waals surface area contributed by atoms with Gasteiger partial charge in [-0.25, -0.2) is 4.79 Å². The van der Waals surface area contributed by atoms with E-state index in [-0.39, 0.29) is 6.04 Å². The van der Waals surface area contributed by atoms with Crippen molar-refractivity contribution in [2.45, 2.75) is 52.0 Å². The van der Waals surface area contributed by atoms with Crippen LogP contribution in [0.1, 0.15) is 68.3 Å². The summed E-state index contributed by atoms with van der Waals surface area (Å²) in [4.78, 5) is 11.5. The first-order chi connectivity index (χ1) is 10.2. The lowest BCUT2D eigenvalue weighted by atomic mass is 9.78. The minimum Gasteiger partial charge on any atom is -0.463 e. The molecule has 4 nitrogen and oxygen atoms in total. The summed E-state index contributed by atoms with van der Waals surface area (Å²) < 4.78 is 10.5. The molecule has 1 saturated carbocycles. The van der Waals surface area contributed by atoms with E-state index < -0.39 is 5.97 Å². The minimum atomic E-state index is -0.409. The summed E-state index contributed by atoms with van der Waals surface area (Å²) in [5.41, 5.74) is 0. The Morgan fingerprint density at radius 2 is 2.10 bits per heavy atom. The summed E-state index contributed by atoms with van der Waals surface area (Å²) in [6.07, 6.45) is 6.08. The highest BCUT2D eigenvalue weighted by atomic mass is 16.5. The molecule has 1 unspecified atom stereocenters. The predicted octanol–water partition coefficient (Wildman–Crippen LogP) is 3.93. The molecule has 1 heterocycles. The second-order valence-electron chi connectivity index (χ2n) is 6.15. The highest BCUT2D eigenvalue weighted by Crippen LogP contribution is 2.37. The van der Waals surface area contributed by atoms with Crippen LogP contribution in [0, 0.1) is 11.8 Å². The Hall–Kier alpha value is -1.29. The summed E-state index contributed by atoms with van der Waals surface area (Å²) in [6, 6.07) is 3.83. The number of nitrogens with one attached hydrogen (secondary N) is 1. The van der Waals surface area contributed by atoms with Gasteiger partial charge in [0.25, 0.3) is 0 Å². The molecule has 0 aliphatic heterocycles. The van der Waals surface area contributed by atoms with Crippen LogP contribution in [0.2, 0.25) is 0 Å². The Bertz CT molecular complexity index is 447. The number of methoxy groups -OCH3 is 1. The number of furan rings is 1. The molecule has 0 spiro atoms. The molecule has 1 atom stereocenters. The Morgan fingerprint density at radius 1 is 1.38 bits per heavy atom. The van der Waals surface area contributed by atoms with Gasteiger partial charge in [0.05, 0.1) is 13.2 Å². The van der Waals surface area contributed by atoms with Crippen molar-refractivity contribution >= 4 is 5.97 Å². The van der Waals surface area contributed by atoms with Gasteiger partial charge in [-0.1, -0.05) is 26.7 Å². The van der Waals surface area contributed by atoms with Crippen LogP contribution in [0.3, 0.4) is 0 Å². The van der Waals surface area contributed by atoms with Gasteiger partial charge in [-0.05, 0) is 49.8 Å². The normalized spacial score (nSPS) is 23.8. The van der Waals surface area contributed by atoms with Gasteiger partial charge < -0.3 is 14.5 Å². The Kier molecular flexibility index (Phi) is 5.85. The standard InChI is InChI=1S/C17H27NO3/c1-4-11-18-16(13-7-5-12(2)6-8-13)14-9-10-15(21-14)17(19)20-3/h9-10,12-13,16,18H,4-8,11H2,1-3H3. The summed E-state index contributed by atoms with van der Waals surface area (Å²) in [5, 5.41) is 3.59. The third kappa shape index (κ3) is 4.10. The monoisotopic (exact) mass is 293 g/mol. The van der Waals surface area contributed by atoms with Crippen molar-refractivity contribution < 1.29 is 13.9 Å². The van der Waals surface area contributed by atoms with Gasteiger partial charge in [0.2, 0.25) is 5.76 Å². The molecule has 0 saturated heterocycles. The molecule has 0 bridgehead atoms. The van der Waals surface area contributed by atoms with E-state index in [1.807, 2.05) is 6.07 Å². The van der Waals surface area contributed by atoms with Crippen LogP contribution in [0.25, 0.3) is 0 Å². The van der Waals surface area contributed by atoms with Crippen molar-refractivity contribution in [1.29, 1.82) is 0 Å². The zero-order chi connectivity index (χ0) is 15.2. The number of ether oxygens (including phenoxy) is 1. The molecular formula is C17H27NO3. The van der Waals surface area contributed by atoms with Crippen LogP contribution in [0.4, 0.5) is 0 Å². The maximum Gasteiger partial charge on any atom is 0.373 e. The Labute approximate surface area is 127 Å². The molecule has 1 fully saturated rings. The lowest BCUT2D eigenvalue weighted by Crippen LogP contribution is -2.31. The van der Waals surface area contributed by atoms with Crippen LogP contribution in [0.15, 0.2) is 16.5 Å². The molecule has 21 heavy (non-hydrogen) atoms.